The van der Waals surface area contributed by atoms with E-state index in [9.17, 15) is 0 Å². The van der Waals surface area contributed by atoms with Crippen LogP contribution in [0.15, 0.2) is 0 Å². The molecular formula is C9H20P2. The molecule has 0 aliphatic carbocycles. The second-order valence-corrected chi connectivity index (χ2v) is 8.88. The topological polar surface area (TPSA) is 0 Å². The van der Waals surface area contributed by atoms with Gasteiger partial charge in [-0.25, -0.2) is 0 Å². The van der Waals surface area contributed by atoms with Gasteiger partial charge in [0, 0.05) is 0 Å². The minimum atomic E-state index is 0.439. The first-order chi connectivity index (χ1) is 5.29. The van der Waals surface area contributed by atoms with Gasteiger partial charge in [0.15, 0.2) is 0 Å². The van der Waals surface area contributed by atoms with Gasteiger partial charge in [-0.3, -0.25) is 0 Å². The smallest absolute Gasteiger partial charge is 0.0325 e. The van der Waals surface area contributed by atoms with Crippen molar-refractivity contribution in [2.24, 2.45) is 0 Å². The van der Waals surface area contributed by atoms with Crippen molar-refractivity contribution >= 4 is 15.8 Å². The molecule has 0 aromatic rings. The molecule has 2 heteroatoms. The van der Waals surface area contributed by atoms with E-state index in [0.717, 1.165) is 0 Å². The van der Waals surface area contributed by atoms with E-state index in [1.807, 2.05) is 0 Å². The summed E-state index contributed by atoms with van der Waals surface area (Å²) in [6.45, 7) is 4.97. The minimum absolute atomic E-state index is 0.439. The van der Waals surface area contributed by atoms with Crippen LogP contribution in [0.2, 0.25) is 0 Å². The molecule has 0 spiro atoms. The van der Waals surface area contributed by atoms with Crippen molar-refractivity contribution < 1.29 is 0 Å². The van der Waals surface area contributed by atoms with Crippen molar-refractivity contribution in [3.63, 3.8) is 0 Å². The van der Waals surface area contributed by atoms with Gasteiger partial charge in [0.25, 0.3) is 0 Å². The van der Waals surface area contributed by atoms with Crippen LogP contribution in [0.4, 0.5) is 0 Å². The summed E-state index contributed by atoms with van der Waals surface area (Å²) < 4.78 is 0. The normalized spacial score (nSPS) is 35.5. The Morgan fingerprint density at radius 2 is 1.00 bits per heavy atom. The number of hydrogen-bond donors (Lipinski definition) is 0. The van der Waals surface area contributed by atoms with Crippen LogP contribution < -0.4 is 0 Å². The van der Waals surface area contributed by atoms with Gasteiger partial charge in [-0.2, -0.15) is 0 Å². The Kier molecular flexibility index (Phi) is 4.97. The lowest BCUT2D eigenvalue weighted by Gasteiger charge is -2.09. The molecule has 0 unspecified atom stereocenters. The third kappa shape index (κ3) is 4.44. The van der Waals surface area contributed by atoms with E-state index in [4.69, 9.17) is 0 Å². The maximum Gasteiger partial charge on any atom is -0.0325 e. The molecule has 0 nitrogen and oxygen atoms in total. The summed E-state index contributed by atoms with van der Waals surface area (Å²) >= 11 is 0. The highest BCUT2D eigenvalue weighted by Gasteiger charge is 2.07. The molecule has 11 heavy (non-hydrogen) atoms. The summed E-state index contributed by atoms with van der Waals surface area (Å²) in [5.41, 5.74) is 0. The van der Waals surface area contributed by atoms with Gasteiger partial charge in [0.05, 0.1) is 0 Å². The van der Waals surface area contributed by atoms with Crippen molar-refractivity contribution in [1.29, 1.82) is 0 Å². The van der Waals surface area contributed by atoms with Crippen molar-refractivity contribution in [3.8, 4) is 0 Å². The molecule has 0 saturated carbocycles. The summed E-state index contributed by atoms with van der Waals surface area (Å²) in [5, 5.41) is 0. The molecular weight excluding hydrogens is 170 g/mol. The van der Waals surface area contributed by atoms with Gasteiger partial charge in [0.2, 0.25) is 0 Å². The second-order valence-electron chi connectivity index (χ2n) is 3.67. The lowest BCUT2D eigenvalue weighted by Crippen LogP contribution is -1.89. The molecule has 1 aliphatic rings. The minimum Gasteiger partial charge on any atom is -0.110 e. The van der Waals surface area contributed by atoms with Crippen LogP contribution in [0.1, 0.15) is 19.3 Å². The Hall–Kier alpha value is 0.860. The Balaban J connectivity index is 2.24. The zero-order chi connectivity index (χ0) is 8.10. The molecule has 0 bridgehead atoms. The summed E-state index contributed by atoms with van der Waals surface area (Å²) in [4.78, 5) is 0. The van der Waals surface area contributed by atoms with E-state index in [-0.39, 0.29) is 0 Å². The van der Waals surface area contributed by atoms with Crippen molar-refractivity contribution in [2.45, 2.75) is 19.3 Å². The van der Waals surface area contributed by atoms with Gasteiger partial charge in [-0.15, -0.1) is 15.8 Å². The predicted octanol–water partition coefficient (Wildman–Crippen LogP) is 3.39. The molecule has 1 rings (SSSR count). The standard InChI is InChI=1S/C9H20P2/c1-10-6-3-4-7-11(2)9-5-8-10/h3-9H2,1-2H3/t10-,11+. The first kappa shape index (κ1) is 9.94. The molecule has 0 amide bonds. The Morgan fingerprint density at radius 1 is 0.636 bits per heavy atom. The Bertz CT molecular complexity index is 91.7. The van der Waals surface area contributed by atoms with E-state index in [2.05, 4.69) is 13.3 Å². The molecule has 1 aliphatic heterocycles. The van der Waals surface area contributed by atoms with E-state index in [1.54, 1.807) is 24.6 Å². The van der Waals surface area contributed by atoms with Crippen molar-refractivity contribution in [1.82, 2.24) is 0 Å². The Labute approximate surface area is 73.7 Å². The third-order valence-electron chi connectivity index (χ3n) is 2.41. The van der Waals surface area contributed by atoms with Crippen LogP contribution in [0.5, 0.6) is 0 Å². The zero-order valence-corrected chi connectivity index (χ0v) is 9.63. The van der Waals surface area contributed by atoms with Gasteiger partial charge >= 0.3 is 0 Å². The van der Waals surface area contributed by atoms with E-state index in [1.165, 1.54) is 19.3 Å². The van der Waals surface area contributed by atoms with E-state index < -0.39 is 0 Å². The largest absolute Gasteiger partial charge is 0.110 e. The summed E-state index contributed by atoms with van der Waals surface area (Å²) in [5.74, 6) is 0. The average molecular weight is 190 g/mol. The maximum atomic E-state index is 2.48. The lowest BCUT2D eigenvalue weighted by molar-refractivity contribution is 0.899. The average Bonchev–Trinajstić information content (AvgIpc) is 2.04. The van der Waals surface area contributed by atoms with Gasteiger partial charge in [-0.1, -0.05) is 0 Å². The van der Waals surface area contributed by atoms with E-state index in [0.29, 0.717) is 15.8 Å². The monoisotopic (exact) mass is 190 g/mol. The number of rotatable bonds is 0. The molecule has 66 valence electrons. The third-order valence-corrected chi connectivity index (χ3v) is 6.73. The highest BCUT2D eigenvalue weighted by molar-refractivity contribution is 7.58. The van der Waals surface area contributed by atoms with E-state index >= 15 is 0 Å². The fourth-order valence-electron chi connectivity index (χ4n) is 1.60. The lowest BCUT2D eigenvalue weighted by atomic mass is 10.4. The summed E-state index contributed by atoms with van der Waals surface area (Å²) in [6.07, 6.45) is 10.8. The van der Waals surface area contributed by atoms with Crippen LogP contribution >= 0.6 is 15.8 Å². The quantitative estimate of drug-likeness (QED) is 0.513. The summed E-state index contributed by atoms with van der Waals surface area (Å²) in [6, 6.07) is 0. The van der Waals surface area contributed by atoms with Crippen LogP contribution in [-0.4, -0.2) is 38.0 Å². The SMILES string of the molecule is C[P@]1CCCC[P@](C)CCC1. The predicted molar refractivity (Wildman–Crippen MR) is 59.0 cm³/mol. The van der Waals surface area contributed by atoms with Crippen molar-refractivity contribution in [2.75, 3.05) is 38.0 Å². The van der Waals surface area contributed by atoms with Crippen LogP contribution in [-0.2, 0) is 0 Å². The molecule has 1 fully saturated rings. The molecule has 0 aromatic carbocycles. The molecule has 0 radical (unpaired) electrons. The fourth-order valence-corrected chi connectivity index (χ4v) is 5.22. The molecule has 2 atom stereocenters. The van der Waals surface area contributed by atoms with Crippen LogP contribution in [0.25, 0.3) is 0 Å². The van der Waals surface area contributed by atoms with Gasteiger partial charge < -0.3 is 0 Å². The van der Waals surface area contributed by atoms with Crippen LogP contribution in [0.3, 0.4) is 0 Å². The highest BCUT2D eigenvalue weighted by atomic mass is 31.1. The fraction of sp³-hybridized carbons (Fsp3) is 1.00. The molecule has 0 aromatic heterocycles. The molecule has 1 saturated heterocycles. The zero-order valence-electron chi connectivity index (χ0n) is 7.84. The number of hydrogen-bond acceptors (Lipinski definition) is 0. The molecule has 1 heterocycles. The first-order valence-corrected chi connectivity index (χ1v) is 8.98. The van der Waals surface area contributed by atoms with Gasteiger partial charge in [-0.05, 0) is 57.2 Å². The highest BCUT2D eigenvalue weighted by Crippen LogP contribution is 2.40. The Morgan fingerprint density at radius 3 is 1.45 bits per heavy atom. The molecule has 0 N–H and O–H groups in total. The van der Waals surface area contributed by atoms with Crippen LogP contribution in [0, 0.1) is 0 Å². The van der Waals surface area contributed by atoms with Crippen molar-refractivity contribution in [3.05, 3.63) is 0 Å². The summed E-state index contributed by atoms with van der Waals surface area (Å²) in [7, 11) is 0.878. The first-order valence-electron chi connectivity index (χ1n) is 4.66. The van der Waals surface area contributed by atoms with Gasteiger partial charge in [0.1, 0.15) is 0 Å². The maximum absolute atomic E-state index is 2.48. The second kappa shape index (κ2) is 5.50.